The van der Waals surface area contributed by atoms with Crippen molar-refractivity contribution in [2.75, 3.05) is 20.3 Å². The fraction of sp³-hybridized carbons (Fsp3) is 0.600. The van der Waals surface area contributed by atoms with Crippen LogP contribution in [0.15, 0.2) is 18.3 Å². The number of aliphatic hydroxyl groups is 1. The van der Waals surface area contributed by atoms with Crippen molar-refractivity contribution in [3.8, 4) is 0 Å². The highest BCUT2D eigenvalue weighted by molar-refractivity contribution is 5.88. The van der Waals surface area contributed by atoms with E-state index in [1.165, 1.54) is 20.0 Å². The van der Waals surface area contributed by atoms with Crippen LogP contribution in [-0.2, 0) is 11.3 Å². The number of aromatic nitrogens is 1. The van der Waals surface area contributed by atoms with E-state index in [2.05, 4.69) is 14.6 Å². The largest absolute Gasteiger partial charge is 0.465 e. The molecular formula is C15H22N2O3. The number of nitrogens with zero attached hydrogens (tertiary/aromatic N) is 2. The van der Waals surface area contributed by atoms with Crippen molar-refractivity contribution in [2.45, 2.75) is 38.3 Å². The molecule has 5 nitrogen and oxygen atoms in total. The number of pyridine rings is 1. The van der Waals surface area contributed by atoms with Gasteiger partial charge in [0, 0.05) is 18.8 Å². The molecule has 0 amide bonds. The van der Waals surface area contributed by atoms with Crippen molar-refractivity contribution in [3.05, 3.63) is 29.6 Å². The molecule has 1 fully saturated rings. The monoisotopic (exact) mass is 278 g/mol. The normalized spacial score (nSPS) is 20.4. The third-order valence-electron chi connectivity index (χ3n) is 3.82. The van der Waals surface area contributed by atoms with Gasteiger partial charge in [-0.2, -0.15) is 0 Å². The lowest BCUT2D eigenvalue weighted by Gasteiger charge is -2.27. The van der Waals surface area contributed by atoms with Gasteiger partial charge >= 0.3 is 5.97 Å². The first kappa shape index (κ1) is 14.9. The first-order chi connectivity index (χ1) is 9.74. The predicted octanol–water partition coefficient (Wildman–Crippen LogP) is 1.61. The molecule has 2 rings (SSSR count). The van der Waals surface area contributed by atoms with Gasteiger partial charge in [-0.3, -0.25) is 9.88 Å². The van der Waals surface area contributed by atoms with E-state index in [1.807, 2.05) is 6.07 Å². The summed E-state index contributed by atoms with van der Waals surface area (Å²) in [5.74, 6) is -0.368. The third kappa shape index (κ3) is 3.77. The Hall–Kier alpha value is -1.46. The predicted molar refractivity (Wildman–Crippen MR) is 75.3 cm³/mol. The van der Waals surface area contributed by atoms with E-state index in [0.717, 1.165) is 25.1 Å². The molecule has 0 aromatic carbocycles. The van der Waals surface area contributed by atoms with Gasteiger partial charge in [-0.15, -0.1) is 0 Å². The number of carbonyl (C=O) groups is 1. The van der Waals surface area contributed by atoms with Crippen LogP contribution >= 0.6 is 0 Å². The Kier molecular flexibility index (Phi) is 5.49. The highest BCUT2D eigenvalue weighted by atomic mass is 16.5. The van der Waals surface area contributed by atoms with Gasteiger partial charge in [-0.25, -0.2) is 4.79 Å². The molecule has 0 spiro atoms. The molecule has 1 aromatic rings. The smallest absolute Gasteiger partial charge is 0.339 e. The summed E-state index contributed by atoms with van der Waals surface area (Å²) in [5, 5.41) is 9.49. The van der Waals surface area contributed by atoms with Gasteiger partial charge in [-0.1, -0.05) is 12.8 Å². The number of esters is 1. The van der Waals surface area contributed by atoms with E-state index in [1.54, 1.807) is 12.3 Å². The second kappa shape index (κ2) is 7.36. The number of methoxy groups -OCH3 is 1. The van der Waals surface area contributed by atoms with Crippen LogP contribution in [0.2, 0.25) is 0 Å². The van der Waals surface area contributed by atoms with Crippen LogP contribution in [0, 0.1) is 0 Å². The number of hydrogen-bond donors (Lipinski definition) is 1. The number of aliphatic hydroxyl groups excluding tert-OH is 1. The van der Waals surface area contributed by atoms with Crippen LogP contribution in [0.3, 0.4) is 0 Å². The van der Waals surface area contributed by atoms with Crippen molar-refractivity contribution >= 4 is 5.97 Å². The first-order valence-corrected chi connectivity index (χ1v) is 7.12. The Bertz CT molecular complexity index is 433. The zero-order valence-electron chi connectivity index (χ0n) is 11.9. The zero-order valence-corrected chi connectivity index (χ0v) is 11.9. The van der Waals surface area contributed by atoms with Crippen molar-refractivity contribution < 1.29 is 14.6 Å². The van der Waals surface area contributed by atoms with Gasteiger partial charge in [0.25, 0.3) is 0 Å². The van der Waals surface area contributed by atoms with Gasteiger partial charge < -0.3 is 9.84 Å². The number of rotatable bonds is 4. The first-order valence-electron chi connectivity index (χ1n) is 7.12. The average Bonchev–Trinajstić information content (AvgIpc) is 2.72. The highest BCUT2D eigenvalue weighted by Crippen LogP contribution is 2.18. The number of hydrogen-bond acceptors (Lipinski definition) is 5. The fourth-order valence-electron chi connectivity index (χ4n) is 2.62. The summed E-state index contributed by atoms with van der Waals surface area (Å²) in [5.41, 5.74) is 1.38. The Balaban J connectivity index is 2.02. The summed E-state index contributed by atoms with van der Waals surface area (Å²) < 4.78 is 4.65. The zero-order chi connectivity index (χ0) is 14.4. The van der Waals surface area contributed by atoms with Crippen LogP contribution in [0.25, 0.3) is 0 Å². The summed E-state index contributed by atoms with van der Waals surface area (Å²) >= 11 is 0. The Morgan fingerprint density at radius 2 is 2.30 bits per heavy atom. The Morgan fingerprint density at radius 3 is 2.95 bits per heavy atom. The molecule has 1 saturated heterocycles. The third-order valence-corrected chi connectivity index (χ3v) is 3.82. The van der Waals surface area contributed by atoms with Crippen molar-refractivity contribution in [1.82, 2.24) is 9.88 Å². The highest BCUT2D eigenvalue weighted by Gasteiger charge is 2.20. The molecule has 1 aliphatic heterocycles. The second-order valence-corrected chi connectivity index (χ2v) is 5.19. The van der Waals surface area contributed by atoms with Gasteiger partial charge in [0.05, 0.1) is 25.0 Å². The Morgan fingerprint density at radius 1 is 1.45 bits per heavy atom. The molecule has 1 N–H and O–H groups in total. The Labute approximate surface area is 119 Å². The van der Waals surface area contributed by atoms with E-state index in [0.29, 0.717) is 12.1 Å². The van der Waals surface area contributed by atoms with Crippen LogP contribution in [-0.4, -0.2) is 47.3 Å². The van der Waals surface area contributed by atoms with Crippen LogP contribution in [0.5, 0.6) is 0 Å². The van der Waals surface area contributed by atoms with Crippen LogP contribution in [0.4, 0.5) is 0 Å². The van der Waals surface area contributed by atoms with Crippen LogP contribution < -0.4 is 0 Å². The van der Waals surface area contributed by atoms with Crippen molar-refractivity contribution in [2.24, 2.45) is 0 Å². The molecule has 1 aromatic heterocycles. The number of ether oxygens (including phenoxy) is 1. The fourth-order valence-corrected chi connectivity index (χ4v) is 2.62. The van der Waals surface area contributed by atoms with Crippen molar-refractivity contribution in [3.63, 3.8) is 0 Å². The van der Waals surface area contributed by atoms with E-state index in [4.69, 9.17) is 0 Å². The average molecular weight is 278 g/mol. The molecule has 0 bridgehead atoms. The lowest BCUT2D eigenvalue weighted by atomic mass is 10.1. The maximum Gasteiger partial charge on any atom is 0.339 e. The quantitative estimate of drug-likeness (QED) is 0.848. The molecule has 0 saturated carbocycles. The molecular weight excluding hydrogens is 256 g/mol. The molecule has 5 heteroatoms. The maximum atomic E-state index is 11.4. The molecule has 1 atom stereocenters. The van der Waals surface area contributed by atoms with Crippen LogP contribution in [0.1, 0.15) is 41.7 Å². The van der Waals surface area contributed by atoms with Gasteiger partial charge in [0.2, 0.25) is 0 Å². The number of carbonyl (C=O) groups excluding carboxylic acids is 1. The van der Waals surface area contributed by atoms with E-state index >= 15 is 0 Å². The summed E-state index contributed by atoms with van der Waals surface area (Å²) in [6, 6.07) is 3.81. The van der Waals surface area contributed by atoms with Gasteiger partial charge in [0.1, 0.15) is 0 Å². The topological polar surface area (TPSA) is 62.7 Å². The lowest BCUT2D eigenvalue weighted by Crippen LogP contribution is -2.37. The molecule has 0 aliphatic carbocycles. The lowest BCUT2D eigenvalue weighted by molar-refractivity contribution is 0.0600. The molecule has 1 aliphatic rings. The minimum absolute atomic E-state index is 0.195. The standard InChI is InChI=1S/C15H22N2O3/c1-20-15(19)12-6-7-13(16-9-12)10-17-8-4-2-3-5-14(17)11-18/h6-7,9,14,18H,2-5,8,10-11H2,1H3. The summed E-state index contributed by atoms with van der Waals surface area (Å²) in [6.45, 7) is 1.90. The summed E-state index contributed by atoms with van der Waals surface area (Å²) in [7, 11) is 1.36. The van der Waals surface area contributed by atoms with E-state index in [-0.39, 0.29) is 18.6 Å². The van der Waals surface area contributed by atoms with E-state index < -0.39 is 0 Å². The molecule has 110 valence electrons. The molecule has 1 unspecified atom stereocenters. The van der Waals surface area contributed by atoms with Gasteiger partial charge in [-0.05, 0) is 31.5 Å². The molecule has 20 heavy (non-hydrogen) atoms. The SMILES string of the molecule is COC(=O)c1ccc(CN2CCCCCC2CO)nc1. The summed E-state index contributed by atoms with van der Waals surface area (Å²) in [4.78, 5) is 18.0. The van der Waals surface area contributed by atoms with Crippen molar-refractivity contribution in [1.29, 1.82) is 0 Å². The minimum Gasteiger partial charge on any atom is -0.465 e. The minimum atomic E-state index is -0.368. The molecule has 2 heterocycles. The van der Waals surface area contributed by atoms with Gasteiger partial charge in [0.15, 0.2) is 0 Å². The second-order valence-electron chi connectivity index (χ2n) is 5.19. The number of likely N-dealkylation sites (tertiary alicyclic amines) is 1. The molecule has 0 radical (unpaired) electrons. The summed E-state index contributed by atoms with van der Waals surface area (Å²) in [6.07, 6.45) is 6.15. The van der Waals surface area contributed by atoms with E-state index in [9.17, 15) is 9.90 Å². The maximum absolute atomic E-state index is 11.4.